The van der Waals surface area contributed by atoms with Gasteiger partial charge in [-0.3, -0.25) is 9.59 Å². The number of hydrogen-bond acceptors (Lipinski definition) is 5. The minimum atomic E-state index is -0.626. The van der Waals surface area contributed by atoms with Crippen molar-refractivity contribution in [3.05, 3.63) is 75.5 Å². The zero-order valence-electron chi connectivity index (χ0n) is 20.1. The molecule has 0 spiro atoms. The molecule has 0 atom stereocenters. The Labute approximate surface area is 203 Å². The van der Waals surface area contributed by atoms with Crippen LogP contribution in [0.4, 0.5) is 4.39 Å². The summed E-state index contributed by atoms with van der Waals surface area (Å²) in [6.45, 7) is 3.96. The van der Waals surface area contributed by atoms with E-state index in [9.17, 15) is 18.8 Å². The molecule has 0 unspecified atom stereocenters. The third-order valence-corrected chi connectivity index (χ3v) is 6.59. The standard InChI is InChI=1S/C27H30FN3O4/c1-3-30-24-14-11-20(15-23(24)29-18(2)26(30)33)27(34)35-17-25(32)31(22-7-5-4-6-8-22)16-19-9-12-21(28)13-10-19/h9-15,22H,3-8,16-17H2,1-2H3. The SMILES string of the molecule is CCn1c(=O)c(C)nc2cc(C(=O)OCC(=O)N(Cc3ccc(F)cc3)C3CCCCC3)ccc21. The van der Waals surface area contributed by atoms with E-state index in [1.54, 1.807) is 46.7 Å². The van der Waals surface area contributed by atoms with E-state index in [1.807, 2.05) is 6.92 Å². The van der Waals surface area contributed by atoms with Crippen molar-refractivity contribution in [2.45, 2.75) is 65.1 Å². The van der Waals surface area contributed by atoms with Crippen LogP contribution in [0.3, 0.4) is 0 Å². The van der Waals surface area contributed by atoms with Crippen LogP contribution in [0.2, 0.25) is 0 Å². The molecule has 1 aliphatic carbocycles. The minimum Gasteiger partial charge on any atom is -0.452 e. The number of rotatable bonds is 7. The summed E-state index contributed by atoms with van der Waals surface area (Å²) in [5, 5.41) is 0. The van der Waals surface area contributed by atoms with Crippen LogP contribution in [-0.2, 0) is 22.6 Å². The van der Waals surface area contributed by atoms with Crippen molar-refractivity contribution in [2.24, 2.45) is 0 Å². The second kappa shape index (κ2) is 10.8. The van der Waals surface area contributed by atoms with Gasteiger partial charge in [-0.1, -0.05) is 31.4 Å². The molecule has 1 fully saturated rings. The number of hydrogen-bond donors (Lipinski definition) is 0. The van der Waals surface area contributed by atoms with Crippen LogP contribution in [0.1, 0.15) is 60.6 Å². The number of nitrogens with zero attached hydrogens (tertiary/aromatic N) is 3. The fourth-order valence-electron chi connectivity index (χ4n) is 4.71. The molecule has 1 heterocycles. The van der Waals surface area contributed by atoms with Crippen LogP contribution < -0.4 is 5.56 Å². The second-order valence-electron chi connectivity index (χ2n) is 8.97. The maximum absolute atomic E-state index is 13.3. The van der Waals surface area contributed by atoms with E-state index >= 15 is 0 Å². The lowest BCUT2D eigenvalue weighted by Crippen LogP contribution is -2.43. The molecular weight excluding hydrogens is 449 g/mol. The van der Waals surface area contributed by atoms with Crippen molar-refractivity contribution in [1.29, 1.82) is 0 Å². The summed E-state index contributed by atoms with van der Waals surface area (Å²) in [5.41, 5.74) is 2.44. The zero-order chi connectivity index (χ0) is 24.9. The third-order valence-electron chi connectivity index (χ3n) is 6.59. The van der Waals surface area contributed by atoms with Gasteiger partial charge in [0, 0.05) is 19.1 Å². The topological polar surface area (TPSA) is 81.5 Å². The Kier molecular flexibility index (Phi) is 7.58. The highest BCUT2D eigenvalue weighted by Crippen LogP contribution is 2.24. The van der Waals surface area contributed by atoms with E-state index in [1.165, 1.54) is 12.1 Å². The van der Waals surface area contributed by atoms with E-state index < -0.39 is 5.97 Å². The van der Waals surface area contributed by atoms with Crippen molar-refractivity contribution in [3.8, 4) is 0 Å². The van der Waals surface area contributed by atoms with Crippen LogP contribution >= 0.6 is 0 Å². The number of esters is 1. The normalized spacial score (nSPS) is 14.1. The van der Waals surface area contributed by atoms with Gasteiger partial charge in [-0.15, -0.1) is 0 Å². The highest BCUT2D eigenvalue weighted by Gasteiger charge is 2.26. The Bertz CT molecular complexity index is 1280. The van der Waals surface area contributed by atoms with Gasteiger partial charge in [0.2, 0.25) is 0 Å². The summed E-state index contributed by atoms with van der Waals surface area (Å²) >= 11 is 0. The molecule has 1 saturated carbocycles. The van der Waals surface area contributed by atoms with Gasteiger partial charge in [0.25, 0.3) is 11.5 Å². The predicted molar refractivity (Wildman–Crippen MR) is 131 cm³/mol. The Morgan fingerprint density at radius 1 is 1.11 bits per heavy atom. The predicted octanol–water partition coefficient (Wildman–Crippen LogP) is 4.38. The highest BCUT2D eigenvalue weighted by molar-refractivity contribution is 5.94. The molecule has 7 nitrogen and oxygen atoms in total. The monoisotopic (exact) mass is 479 g/mol. The first-order valence-electron chi connectivity index (χ1n) is 12.1. The Morgan fingerprint density at radius 2 is 1.83 bits per heavy atom. The summed E-state index contributed by atoms with van der Waals surface area (Å²) in [5.74, 6) is -1.22. The van der Waals surface area contributed by atoms with Crippen LogP contribution in [-0.4, -0.2) is 39.0 Å². The molecule has 0 radical (unpaired) electrons. The van der Waals surface area contributed by atoms with E-state index in [-0.39, 0.29) is 35.5 Å². The van der Waals surface area contributed by atoms with Crippen molar-refractivity contribution in [3.63, 3.8) is 0 Å². The summed E-state index contributed by atoms with van der Waals surface area (Å²) in [4.78, 5) is 44.3. The van der Waals surface area contributed by atoms with Gasteiger partial charge in [-0.2, -0.15) is 0 Å². The maximum atomic E-state index is 13.3. The van der Waals surface area contributed by atoms with E-state index in [2.05, 4.69) is 4.98 Å². The molecule has 4 rings (SSSR count). The van der Waals surface area contributed by atoms with Gasteiger partial charge in [0.15, 0.2) is 6.61 Å². The first-order valence-corrected chi connectivity index (χ1v) is 12.1. The number of amides is 1. The lowest BCUT2D eigenvalue weighted by molar-refractivity contribution is -0.138. The molecule has 35 heavy (non-hydrogen) atoms. The molecule has 2 aromatic carbocycles. The quantitative estimate of drug-likeness (QED) is 0.470. The highest BCUT2D eigenvalue weighted by atomic mass is 19.1. The fourth-order valence-corrected chi connectivity index (χ4v) is 4.71. The van der Waals surface area contributed by atoms with Gasteiger partial charge in [0.05, 0.1) is 16.6 Å². The number of carbonyl (C=O) groups is 2. The first-order chi connectivity index (χ1) is 16.9. The lowest BCUT2D eigenvalue weighted by Gasteiger charge is -2.34. The van der Waals surface area contributed by atoms with Crippen molar-refractivity contribution < 1.29 is 18.7 Å². The molecule has 0 N–H and O–H groups in total. The number of halogens is 1. The molecule has 0 bridgehead atoms. The average Bonchev–Trinajstić information content (AvgIpc) is 2.87. The zero-order valence-corrected chi connectivity index (χ0v) is 20.1. The molecular formula is C27H30FN3O4. The van der Waals surface area contributed by atoms with Gasteiger partial charge in [-0.25, -0.2) is 14.2 Å². The van der Waals surface area contributed by atoms with Crippen molar-refractivity contribution in [2.75, 3.05) is 6.61 Å². The largest absolute Gasteiger partial charge is 0.452 e. The van der Waals surface area contributed by atoms with Crippen molar-refractivity contribution >= 4 is 22.9 Å². The van der Waals surface area contributed by atoms with Crippen LogP contribution in [0, 0.1) is 12.7 Å². The number of ether oxygens (including phenoxy) is 1. The van der Waals surface area contributed by atoms with Gasteiger partial charge >= 0.3 is 5.97 Å². The van der Waals surface area contributed by atoms with E-state index in [4.69, 9.17) is 4.74 Å². The molecule has 1 aliphatic rings. The van der Waals surface area contributed by atoms with Crippen LogP contribution in [0.15, 0.2) is 47.3 Å². The molecule has 184 valence electrons. The number of fused-ring (bicyclic) bond motifs is 1. The third kappa shape index (κ3) is 5.58. The van der Waals surface area contributed by atoms with E-state index in [0.29, 0.717) is 29.8 Å². The summed E-state index contributed by atoms with van der Waals surface area (Å²) < 4.78 is 20.3. The first kappa shape index (κ1) is 24.6. The molecule has 1 aromatic heterocycles. The summed E-state index contributed by atoms with van der Waals surface area (Å²) in [6.07, 6.45) is 5.03. The summed E-state index contributed by atoms with van der Waals surface area (Å²) in [7, 11) is 0. The number of benzene rings is 2. The van der Waals surface area contributed by atoms with Crippen LogP contribution in [0.5, 0.6) is 0 Å². The minimum absolute atomic E-state index is 0.0682. The van der Waals surface area contributed by atoms with Gasteiger partial charge < -0.3 is 14.2 Å². The molecule has 0 aliphatic heterocycles. The number of carbonyl (C=O) groups excluding carboxylic acids is 2. The van der Waals surface area contributed by atoms with Crippen LogP contribution in [0.25, 0.3) is 11.0 Å². The van der Waals surface area contributed by atoms with Gasteiger partial charge in [-0.05, 0) is 62.6 Å². The Morgan fingerprint density at radius 3 is 2.51 bits per heavy atom. The number of aromatic nitrogens is 2. The van der Waals surface area contributed by atoms with Gasteiger partial charge in [0.1, 0.15) is 11.5 Å². The maximum Gasteiger partial charge on any atom is 0.338 e. The molecule has 0 saturated heterocycles. The van der Waals surface area contributed by atoms with Crippen molar-refractivity contribution in [1.82, 2.24) is 14.5 Å². The van der Waals surface area contributed by atoms with E-state index in [0.717, 1.165) is 37.7 Å². The number of aryl methyl sites for hydroxylation is 2. The average molecular weight is 480 g/mol. The smallest absolute Gasteiger partial charge is 0.338 e. The molecule has 1 amide bonds. The summed E-state index contributed by atoms with van der Waals surface area (Å²) in [6, 6.07) is 11.0. The molecule has 3 aromatic rings. The lowest BCUT2D eigenvalue weighted by atomic mass is 9.93. The Hall–Kier alpha value is -3.55. The fraction of sp³-hybridized carbons (Fsp3) is 0.407. The Balaban J connectivity index is 1.48. The second-order valence-corrected chi connectivity index (χ2v) is 8.97. The molecule has 8 heteroatoms.